The number of para-hydroxylation sites is 1. The summed E-state index contributed by atoms with van der Waals surface area (Å²) in [5, 5.41) is 14.8. The Morgan fingerprint density at radius 2 is 1.58 bits per heavy atom. The van der Waals surface area contributed by atoms with Crippen LogP contribution < -0.4 is 5.14 Å². The number of phenols is 1. The number of phenolic OH excluding ortho intramolecular Hbond substituents is 1. The summed E-state index contributed by atoms with van der Waals surface area (Å²) in [5.74, 6) is -0.0668. The Morgan fingerprint density at radius 1 is 1.00 bits per heavy atom. The maximum atomic E-state index is 12.9. The van der Waals surface area contributed by atoms with Crippen LogP contribution in [0, 0.1) is 12.7 Å². The number of benzene rings is 3. The lowest BCUT2D eigenvalue weighted by Crippen LogP contribution is -2.11. The zero-order valence-corrected chi connectivity index (χ0v) is 18.4. The number of aliphatic imine (C=N–C) groups is 1. The van der Waals surface area contributed by atoms with E-state index >= 15 is 0 Å². The molecule has 0 unspecified atom stereocenters. The fourth-order valence-corrected chi connectivity index (χ4v) is 3.20. The monoisotopic (exact) mass is 440 g/mol. The van der Waals surface area contributed by atoms with E-state index in [2.05, 4.69) is 4.99 Å². The van der Waals surface area contributed by atoms with Gasteiger partial charge in [0.1, 0.15) is 11.6 Å². The molecule has 0 aromatic heterocycles. The molecule has 3 rings (SSSR count). The molecule has 0 radical (unpaired) electrons. The Kier molecular flexibility index (Phi) is 8.24. The molecular formula is C24H25FN2O3S. The lowest BCUT2D eigenvalue weighted by molar-refractivity contribution is 0.474. The van der Waals surface area contributed by atoms with E-state index in [0.717, 1.165) is 16.7 Å². The van der Waals surface area contributed by atoms with E-state index in [1.807, 2.05) is 32.1 Å². The molecule has 7 heteroatoms. The molecule has 3 N–H and O–H groups in total. The first-order valence-corrected chi connectivity index (χ1v) is 11.0. The summed E-state index contributed by atoms with van der Waals surface area (Å²) < 4.78 is 34.4. The Morgan fingerprint density at radius 3 is 2.10 bits per heavy atom. The number of allylic oxidation sites excluding steroid dienone is 2. The predicted octanol–water partition coefficient (Wildman–Crippen LogP) is 4.70. The van der Waals surface area contributed by atoms with Crippen molar-refractivity contribution in [1.29, 1.82) is 0 Å². The van der Waals surface area contributed by atoms with Gasteiger partial charge in [0.05, 0.1) is 10.6 Å². The number of nitrogens with zero attached hydrogens (tertiary/aromatic N) is 1. The molecule has 0 amide bonds. The van der Waals surface area contributed by atoms with E-state index in [4.69, 9.17) is 5.14 Å². The average Bonchev–Trinajstić information content (AvgIpc) is 2.73. The molecule has 5 nitrogen and oxygen atoms in total. The number of aryl methyl sites for hydroxylation is 1. The third kappa shape index (κ3) is 7.16. The van der Waals surface area contributed by atoms with Crippen molar-refractivity contribution in [2.45, 2.75) is 18.7 Å². The van der Waals surface area contributed by atoms with Gasteiger partial charge >= 0.3 is 0 Å². The quantitative estimate of drug-likeness (QED) is 0.576. The van der Waals surface area contributed by atoms with Crippen molar-refractivity contribution < 1.29 is 17.9 Å². The molecule has 0 spiro atoms. The van der Waals surface area contributed by atoms with E-state index in [-0.39, 0.29) is 16.5 Å². The maximum absolute atomic E-state index is 12.9. The van der Waals surface area contributed by atoms with Crippen molar-refractivity contribution in [1.82, 2.24) is 0 Å². The van der Waals surface area contributed by atoms with E-state index in [1.54, 1.807) is 43.4 Å². The largest absolute Gasteiger partial charge is 0.507 e. The van der Waals surface area contributed by atoms with Crippen molar-refractivity contribution in [3.8, 4) is 5.75 Å². The highest BCUT2D eigenvalue weighted by molar-refractivity contribution is 7.89. The van der Waals surface area contributed by atoms with E-state index in [0.29, 0.717) is 11.3 Å². The molecule has 3 aromatic rings. The first-order chi connectivity index (χ1) is 14.6. The standard InChI is InChI=1S/C17H16FNO.C7H9NO2S/c1-12(13-7-9-14(18)10-8-13)11-16(19-2)15-5-3-4-6-17(15)20;1-6-2-4-7(5-3-6)11(8,9)10/h3-11,20H,1-2H3;2-5H,1H3,(H2,8,9,10)/b12-11+,19-16?;. The zero-order chi connectivity index (χ0) is 23.0. The number of rotatable bonds is 4. The van der Waals surface area contributed by atoms with Crippen LogP contribution in [0.3, 0.4) is 0 Å². The van der Waals surface area contributed by atoms with Gasteiger partial charge in [-0.25, -0.2) is 17.9 Å². The minimum Gasteiger partial charge on any atom is -0.507 e. The van der Waals surface area contributed by atoms with Gasteiger partial charge in [0.15, 0.2) is 0 Å². The average molecular weight is 441 g/mol. The predicted molar refractivity (Wildman–Crippen MR) is 123 cm³/mol. The molecule has 31 heavy (non-hydrogen) atoms. The minimum absolute atomic E-state index is 0.156. The van der Waals surface area contributed by atoms with Gasteiger partial charge in [-0.3, -0.25) is 4.99 Å². The van der Waals surface area contributed by atoms with Crippen molar-refractivity contribution in [2.75, 3.05) is 7.05 Å². The summed E-state index contributed by atoms with van der Waals surface area (Å²) in [5.41, 5.74) is 4.25. The fraction of sp³-hybridized carbons (Fsp3) is 0.125. The summed E-state index contributed by atoms with van der Waals surface area (Å²) in [6.45, 7) is 3.81. The molecule has 3 aromatic carbocycles. The van der Waals surface area contributed by atoms with Crippen LogP contribution in [-0.2, 0) is 10.0 Å². The van der Waals surface area contributed by atoms with Gasteiger partial charge in [0, 0.05) is 12.6 Å². The molecule has 0 saturated carbocycles. The van der Waals surface area contributed by atoms with Crippen LogP contribution in [0.4, 0.5) is 4.39 Å². The number of aromatic hydroxyl groups is 1. The van der Waals surface area contributed by atoms with Crippen LogP contribution >= 0.6 is 0 Å². The van der Waals surface area contributed by atoms with Crippen LogP contribution in [0.2, 0.25) is 0 Å². The minimum atomic E-state index is -3.52. The van der Waals surface area contributed by atoms with Gasteiger partial charge in [-0.2, -0.15) is 0 Å². The van der Waals surface area contributed by atoms with Gasteiger partial charge in [-0.1, -0.05) is 42.0 Å². The first-order valence-electron chi connectivity index (χ1n) is 9.40. The molecular weight excluding hydrogens is 415 g/mol. The molecule has 0 atom stereocenters. The second kappa shape index (κ2) is 10.7. The highest BCUT2D eigenvalue weighted by atomic mass is 32.2. The van der Waals surface area contributed by atoms with Gasteiger partial charge in [-0.15, -0.1) is 0 Å². The van der Waals surface area contributed by atoms with Gasteiger partial charge < -0.3 is 5.11 Å². The highest BCUT2D eigenvalue weighted by Gasteiger charge is 2.07. The van der Waals surface area contributed by atoms with Gasteiger partial charge in [0.25, 0.3) is 0 Å². The third-order valence-corrected chi connectivity index (χ3v) is 5.35. The molecule has 0 aliphatic carbocycles. The van der Waals surface area contributed by atoms with E-state index in [9.17, 15) is 17.9 Å². The molecule has 0 aliphatic rings. The highest BCUT2D eigenvalue weighted by Crippen LogP contribution is 2.21. The second-order valence-corrected chi connectivity index (χ2v) is 8.38. The molecule has 0 heterocycles. The van der Waals surface area contributed by atoms with Crippen LogP contribution in [-0.4, -0.2) is 26.3 Å². The number of nitrogens with two attached hydrogens (primary N) is 1. The summed E-state index contributed by atoms with van der Waals surface area (Å²) in [4.78, 5) is 4.36. The molecule has 0 saturated heterocycles. The van der Waals surface area contributed by atoms with Crippen molar-refractivity contribution in [3.05, 3.63) is 101 Å². The number of hydrogen-bond donors (Lipinski definition) is 2. The SMILES string of the molecule is CN=C(/C=C(\C)c1ccc(F)cc1)c1ccccc1O.Cc1ccc(S(N)(=O)=O)cc1. The van der Waals surface area contributed by atoms with E-state index in [1.165, 1.54) is 24.3 Å². The van der Waals surface area contributed by atoms with E-state index < -0.39 is 10.0 Å². The Balaban J connectivity index is 0.000000262. The summed E-state index contributed by atoms with van der Waals surface area (Å²) in [7, 11) is -1.84. The zero-order valence-electron chi connectivity index (χ0n) is 17.6. The lowest BCUT2D eigenvalue weighted by atomic mass is 10.0. The Bertz CT molecular complexity index is 1180. The maximum Gasteiger partial charge on any atom is 0.238 e. The molecule has 0 aliphatic heterocycles. The van der Waals surface area contributed by atoms with Crippen LogP contribution in [0.1, 0.15) is 23.6 Å². The van der Waals surface area contributed by atoms with Crippen LogP contribution in [0.25, 0.3) is 5.57 Å². The Hall–Kier alpha value is -3.29. The summed E-state index contributed by atoms with van der Waals surface area (Å²) in [6, 6.07) is 19.7. The molecule has 162 valence electrons. The number of sulfonamides is 1. The fourth-order valence-electron chi connectivity index (χ4n) is 2.68. The van der Waals surface area contributed by atoms with Crippen molar-refractivity contribution in [2.24, 2.45) is 10.1 Å². The molecule has 0 bridgehead atoms. The number of primary sulfonamides is 1. The number of halogens is 1. The third-order valence-electron chi connectivity index (χ3n) is 4.42. The Labute approximate surface area is 182 Å². The molecule has 0 fully saturated rings. The van der Waals surface area contributed by atoms with Crippen LogP contribution in [0.15, 0.2) is 88.8 Å². The van der Waals surface area contributed by atoms with Gasteiger partial charge in [-0.05, 0) is 67.5 Å². The number of hydrogen-bond acceptors (Lipinski definition) is 4. The summed E-state index contributed by atoms with van der Waals surface area (Å²) in [6.07, 6.45) is 1.88. The van der Waals surface area contributed by atoms with Crippen molar-refractivity contribution in [3.63, 3.8) is 0 Å². The first kappa shape index (κ1) is 24.0. The normalized spacial score (nSPS) is 12.2. The second-order valence-electron chi connectivity index (χ2n) is 6.82. The lowest BCUT2D eigenvalue weighted by Gasteiger charge is -2.06. The topological polar surface area (TPSA) is 92.8 Å². The van der Waals surface area contributed by atoms with Gasteiger partial charge in [0.2, 0.25) is 10.0 Å². The summed E-state index contributed by atoms with van der Waals surface area (Å²) >= 11 is 0. The van der Waals surface area contributed by atoms with Crippen LogP contribution in [0.5, 0.6) is 5.75 Å². The van der Waals surface area contributed by atoms with Crippen molar-refractivity contribution >= 4 is 21.3 Å². The smallest absolute Gasteiger partial charge is 0.238 e.